The summed E-state index contributed by atoms with van der Waals surface area (Å²) < 4.78 is 4.70. The van der Waals surface area contributed by atoms with Crippen molar-refractivity contribution in [3.8, 4) is 0 Å². The van der Waals surface area contributed by atoms with Crippen molar-refractivity contribution >= 4 is 34.3 Å². The average molecular weight is 324 g/mol. The summed E-state index contributed by atoms with van der Waals surface area (Å²) in [7, 11) is 1.36. The van der Waals surface area contributed by atoms with Crippen LogP contribution >= 0.6 is 11.3 Å². The fourth-order valence-electron chi connectivity index (χ4n) is 2.29. The number of esters is 1. The van der Waals surface area contributed by atoms with E-state index in [1.165, 1.54) is 19.3 Å². The Morgan fingerprint density at radius 1 is 1.41 bits per heavy atom. The van der Waals surface area contributed by atoms with Crippen molar-refractivity contribution in [3.63, 3.8) is 0 Å². The topological polar surface area (TPSA) is 89.8 Å². The van der Waals surface area contributed by atoms with Gasteiger partial charge in [-0.15, -0.1) is 0 Å². The van der Waals surface area contributed by atoms with E-state index < -0.39 is 4.92 Å². The first-order valence-electron chi connectivity index (χ1n) is 6.80. The molecule has 1 aromatic rings. The van der Waals surface area contributed by atoms with Crippen molar-refractivity contribution in [1.29, 1.82) is 0 Å². The zero-order valence-electron chi connectivity index (χ0n) is 12.1. The molecule has 1 aliphatic rings. The molecule has 0 atom stereocenters. The van der Waals surface area contributed by atoms with Crippen molar-refractivity contribution in [1.82, 2.24) is 4.90 Å². The lowest BCUT2D eigenvalue weighted by Crippen LogP contribution is -2.39. The Hall–Kier alpha value is -2.22. The first-order chi connectivity index (χ1) is 10.5. The molecule has 22 heavy (non-hydrogen) atoms. The minimum atomic E-state index is -0.457. The third kappa shape index (κ3) is 3.91. The maximum Gasteiger partial charge on any atom is 0.324 e. The Labute approximate surface area is 131 Å². The molecule has 0 aliphatic carbocycles. The molecule has 2 heterocycles. The number of carbonyl (C=O) groups excluding carboxylic acids is 2. The molecule has 1 amide bonds. The van der Waals surface area contributed by atoms with Gasteiger partial charge in [-0.25, -0.2) is 0 Å². The molecule has 0 N–H and O–H groups in total. The number of rotatable bonds is 4. The molecule has 8 heteroatoms. The van der Waals surface area contributed by atoms with Gasteiger partial charge in [0.05, 0.1) is 18.0 Å². The van der Waals surface area contributed by atoms with Gasteiger partial charge < -0.3 is 9.64 Å². The van der Waals surface area contributed by atoms with E-state index in [-0.39, 0.29) is 22.8 Å². The maximum absolute atomic E-state index is 12.1. The van der Waals surface area contributed by atoms with Gasteiger partial charge in [0.25, 0.3) is 0 Å². The van der Waals surface area contributed by atoms with E-state index in [9.17, 15) is 19.7 Å². The van der Waals surface area contributed by atoms with Gasteiger partial charge in [0.15, 0.2) is 0 Å². The average Bonchev–Trinajstić information content (AvgIpc) is 3.01. The second kappa shape index (κ2) is 7.17. The molecule has 1 fully saturated rings. The van der Waals surface area contributed by atoms with Crippen LogP contribution in [0, 0.1) is 16.0 Å². The summed E-state index contributed by atoms with van der Waals surface area (Å²) in [5.74, 6) is -0.522. The molecule has 118 valence electrons. The lowest BCUT2D eigenvalue weighted by molar-refractivity contribution is -0.380. The van der Waals surface area contributed by atoms with Crippen molar-refractivity contribution in [2.45, 2.75) is 12.8 Å². The minimum Gasteiger partial charge on any atom is -0.469 e. The zero-order chi connectivity index (χ0) is 16.1. The van der Waals surface area contributed by atoms with Gasteiger partial charge in [-0.2, -0.15) is 0 Å². The van der Waals surface area contributed by atoms with E-state index in [2.05, 4.69) is 0 Å². The Balaban J connectivity index is 1.88. The first kappa shape index (κ1) is 16.2. The highest BCUT2D eigenvalue weighted by Gasteiger charge is 2.26. The number of carbonyl (C=O) groups is 2. The molecular weight excluding hydrogens is 308 g/mol. The van der Waals surface area contributed by atoms with Gasteiger partial charge in [0.1, 0.15) is 0 Å². The van der Waals surface area contributed by atoms with E-state index >= 15 is 0 Å². The molecule has 7 nitrogen and oxygen atoms in total. The van der Waals surface area contributed by atoms with E-state index in [4.69, 9.17) is 4.74 Å². The van der Waals surface area contributed by atoms with Crippen LogP contribution in [0.4, 0.5) is 5.00 Å². The number of hydrogen-bond donors (Lipinski definition) is 0. The number of thiophene rings is 1. The largest absolute Gasteiger partial charge is 0.469 e. The van der Waals surface area contributed by atoms with Crippen LogP contribution in [-0.4, -0.2) is 41.9 Å². The molecule has 0 spiro atoms. The van der Waals surface area contributed by atoms with Crippen LogP contribution in [0.1, 0.15) is 17.7 Å². The van der Waals surface area contributed by atoms with Crippen molar-refractivity contribution in [2.75, 3.05) is 20.2 Å². The van der Waals surface area contributed by atoms with E-state index in [0.29, 0.717) is 30.8 Å². The molecular formula is C14H16N2O5S. The van der Waals surface area contributed by atoms with Crippen LogP contribution in [0.3, 0.4) is 0 Å². The predicted molar refractivity (Wildman–Crippen MR) is 81.3 cm³/mol. The van der Waals surface area contributed by atoms with Crippen molar-refractivity contribution in [2.24, 2.45) is 5.92 Å². The third-order valence-electron chi connectivity index (χ3n) is 3.52. The quantitative estimate of drug-likeness (QED) is 0.366. The lowest BCUT2D eigenvalue weighted by atomic mass is 9.97. The second-order valence-corrected chi connectivity index (χ2v) is 5.98. The lowest BCUT2D eigenvalue weighted by Gasteiger charge is -2.29. The monoisotopic (exact) mass is 324 g/mol. The van der Waals surface area contributed by atoms with Crippen LogP contribution in [-0.2, 0) is 14.3 Å². The first-order valence-corrected chi connectivity index (χ1v) is 7.62. The van der Waals surface area contributed by atoms with Crippen LogP contribution in [0.2, 0.25) is 0 Å². The van der Waals surface area contributed by atoms with Crippen LogP contribution in [0.25, 0.3) is 6.08 Å². The molecule has 0 bridgehead atoms. The van der Waals surface area contributed by atoms with Gasteiger partial charge in [-0.3, -0.25) is 19.7 Å². The Kier molecular flexibility index (Phi) is 5.26. The summed E-state index contributed by atoms with van der Waals surface area (Å²) in [6, 6.07) is 3.02. The Morgan fingerprint density at radius 3 is 2.64 bits per heavy atom. The molecule has 0 aromatic carbocycles. The molecule has 1 aliphatic heterocycles. The summed E-state index contributed by atoms with van der Waals surface area (Å²) >= 11 is 1.02. The zero-order valence-corrected chi connectivity index (χ0v) is 12.9. The summed E-state index contributed by atoms with van der Waals surface area (Å²) in [6.07, 6.45) is 4.17. The van der Waals surface area contributed by atoms with Crippen LogP contribution in [0.15, 0.2) is 18.2 Å². The van der Waals surface area contributed by atoms with Crippen molar-refractivity contribution < 1.29 is 19.2 Å². The van der Waals surface area contributed by atoms with E-state index in [0.717, 1.165) is 11.3 Å². The number of ether oxygens (including phenoxy) is 1. The Bertz CT molecular complexity index is 602. The molecule has 0 saturated carbocycles. The number of piperidine rings is 1. The number of nitro groups is 1. The molecule has 2 rings (SSSR count). The Morgan fingerprint density at radius 2 is 2.09 bits per heavy atom. The smallest absolute Gasteiger partial charge is 0.324 e. The van der Waals surface area contributed by atoms with Gasteiger partial charge in [-0.05, 0) is 25.0 Å². The minimum absolute atomic E-state index is 0.0472. The van der Waals surface area contributed by atoms with Gasteiger partial charge in [0, 0.05) is 30.1 Å². The third-order valence-corrected chi connectivity index (χ3v) is 4.53. The highest BCUT2D eigenvalue weighted by atomic mass is 32.1. The fraction of sp³-hybridized carbons (Fsp3) is 0.429. The van der Waals surface area contributed by atoms with Gasteiger partial charge in [-0.1, -0.05) is 11.3 Å². The van der Waals surface area contributed by atoms with Crippen LogP contribution in [0.5, 0.6) is 0 Å². The highest BCUT2D eigenvalue weighted by Crippen LogP contribution is 2.25. The van der Waals surface area contributed by atoms with Crippen molar-refractivity contribution in [3.05, 3.63) is 33.2 Å². The van der Waals surface area contributed by atoms with Gasteiger partial charge >= 0.3 is 11.0 Å². The molecule has 0 radical (unpaired) electrons. The maximum atomic E-state index is 12.1. The summed E-state index contributed by atoms with van der Waals surface area (Å²) in [5, 5.41) is 10.6. The molecule has 1 saturated heterocycles. The van der Waals surface area contributed by atoms with E-state index in [1.807, 2.05) is 0 Å². The second-order valence-electron chi connectivity index (χ2n) is 4.89. The molecule has 0 unspecified atom stereocenters. The molecule has 1 aromatic heterocycles. The van der Waals surface area contributed by atoms with E-state index in [1.54, 1.807) is 17.0 Å². The number of methoxy groups -OCH3 is 1. The number of likely N-dealkylation sites (tertiary alicyclic amines) is 1. The van der Waals surface area contributed by atoms with Gasteiger partial charge in [0.2, 0.25) is 5.91 Å². The van der Waals surface area contributed by atoms with Crippen LogP contribution < -0.4 is 0 Å². The SMILES string of the molecule is COC(=O)C1CCN(C(=O)/C=C/c2ccc([N+](=O)[O-])s2)CC1. The number of nitrogens with zero attached hydrogens (tertiary/aromatic N) is 2. The number of amides is 1. The summed E-state index contributed by atoms with van der Waals surface area (Å²) in [4.78, 5) is 35.9. The predicted octanol–water partition coefficient (Wildman–Crippen LogP) is 2.08. The summed E-state index contributed by atoms with van der Waals surface area (Å²) in [6.45, 7) is 1.01. The standard InChI is InChI=1S/C14H16N2O5S/c1-21-14(18)10-6-8-15(9-7-10)12(17)4-2-11-3-5-13(22-11)16(19)20/h2-5,10H,6-9H2,1H3/b4-2+. The fourth-order valence-corrected chi connectivity index (χ4v) is 3.02. The highest BCUT2D eigenvalue weighted by molar-refractivity contribution is 7.16. The summed E-state index contributed by atoms with van der Waals surface area (Å²) in [5.41, 5.74) is 0. The number of hydrogen-bond acceptors (Lipinski definition) is 6. The normalized spacial score (nSPS) is 16.0.